The number of halogens is 1. The van der Waals surface area contributed by atoms with E-state index in [1.807, 2.05) is 12.1 Å². The van der Waals surface area contributed by atoms with Crippen LogP contribution < -0.4 is 5.32 Å². The molecule has 2 rings (SSSR count). The summed E-state index contributed by atoms with van der Waals surface area (Å²) in [7, 11) is 0. The molecule has 0 radical (unpaired) electrons. The summed E-state index contributed by atoms with van der Waals surface area (Å²) in [4.78, 5) is 12.9. The molecule has 1 N–H and O–H groups in total. The van der Waals surface area contributed by atoms with Crippen LogP contribution in [0.3, 0.4) is 0 Å². The normalized spacial score (nSPS) is 10.5. The third-order valence-electron chi connectivity index (χ3n) is 2.23. The summed E-state index contributed by atoms with van der Waals surface area (Å²) in [6.45, 7) is 3.76. The minimum absolute atomic E-state index is 0.703. The number of hydrogen-bond donors (Lipinski definition) is 1. The lowest BCUT2D eigenvalue weighted by atomic mass is 10.2. The van der Waals surface area contributed by atoms with E-state index in [1.54, 1.807) is 18.6 Å². The lowest BCUT2D eigenvalue weighted by Crippen LogP contribution is -2.13. The van der Waals surface area contributed by atoms with Gasteiger partial charge >= 0.3 is 0 Å². The zero-order chi connectivity index (χ0) is 12.1. The average molecular weight is 293 g/mol. The van der Waals surface area contributed by atoms with E-state index in [1.165, 1.54) is 0 Å². The summed E-state index contributed by atoms with van der Waals surface area (Å²) in [6.07, 6.45) is 5.28. The van der Waals surface area contributed by atoms with Gasteiger partial charge < -0.3 is 5.32 Å². The molecule has 0 aromatic carbocycles. The zero-order valence-electron chi connectivity index (χ0n) is 9.52. The average Bonchev–Trinajstić information content (AvgIpc) is 2.37. The van der Waals surface area contributed by atoms with Gasteiger partial charge in [0, 0.05) is 35.2 Å². The van der Waals surface area contributed by atoms with Gasteiger partial charge in [0.05, 0.1) is 5.69 Å². The molecule has 0 saturated heterocycles. The molecule has 5 heteroatoms. The molecule has 88 valence electrons. The molecule has 0 atom stereocenters. The Kier molecular flexibility index (Phi) is 4.17. The summed E-state index contributed by atoms with van der Waals surface area (Å²) >= 11 is 3.39. The highest BCUT2D eigenvalue weighted by atomic mass is 79.9. The van der Waals surface area contributed by atoms with Crippen LogP contribution >= 0.6 is 15.9 Å². The Bertz CT molecular complexity index is 501. The number of nitrogens with one attached hydrogen (secondary N) is 1. The third kappa shape index (κ3) is 3.31. The molecular weight excluding hydrogens is 280 g/mol. The first-order valence-corrected chi connectivity index (χ1v) is 6.22. The van der Waals surface area contributed by atoms with Crippen molar-refractivity contribution in [2.24, 2.45) is 0 Å². The van der Waals surface area contributed by atoms with Gasteiger partial charge in [-0.15, -0.1) is 0 Å². The van der Waals surface area contributed by atoms with Gasteiger partial charge in [0.25, 0.3) is 0 Å². The number of rotatable bonds is 4. The van der Waals surface area contributed by atoms with Crippen molar-refractivity contribution in [3.05, 3.63) is 40.9 Å². The largest absolute Gasteiger partial charge is 0.311 e. The van der Waals surface area contributed by atoms with E-state index in [0.717, 1.165) is 28.8 Å². The summed E-state index contributed by atoms with van der Waals surface area (Å²) in [5, 5.41) is 3.24. The number of aromatic nitrogens is 3. The highest BCUT2D eigenvalue weighted by Gasteiger charge is 2.03. The van der Waals surface area contributed by atoms with Crippen molar-refractivity contribution in [3.8, 4) is 11.4 Å². The summed E-state index contributed by atoms with van der Waals surface area (Å²) in [5.74, 6) is 0.703. The van der Waals surface area contributed by atoms with Crippen LogP contribution in [0.2, 0.25) is 0 Å². The SMILES string of the molecule is CCNCc1ccnc(-c2cncc(Br)c2)n1. The second kappa shape index (κ2) is 5.84. The first-order valence-electron chi connectivity index (χ1n) is 5.43. The standard InChI is InChI=1S/C12H13BrN4/c1-2-14-8-11-3-4-16-12(17-11)9-5-10(13)7-15-6-9/h3-7,14H,2,8H2,1H3. The van der Waals surface area contributed by atoms with Crippen molar-refractivity contribution < 1.29 is 0 Å². The Morgan fingerprint density at radius 3 is 3.00 bits per heavy atom. The highest BCUT2D eigenvalue weighted by Crippen LogP contribution is 2.17. The molecule has 0 unspecified atom stereocenters. The molecule has 0 aliphatic rings. The van der Waals surface area contributed by atoms with Gasteiger partial charge in [0.1, 0.15) is 0 Å². The molecule has 0 aliphatic heterocycles. The monoisotopic (exact) mass is 292 g/mol. The molecule has 0 aliphatic carbocycles. The van der Waals surface area contributed by atoms with Gasteiger partial charge in [-0.1, -0.05) is 6.92 Å². The Morgan fingerprint density at radius 2 is 2.24 bits per heavy atom. The van der Waals surface area contributed by atoms with Crippen molar-refractivity contribution >= 4 is 15.9 Å². The molecule has 2 aromatic heterocycles. The first-order chi connectivity index (χ1) is 8.29. The maximum atomic E-state index is 4.49. The van der Waals surface area contributed by atoms with Crippen molar-refractivity contribution in [3.63, 3.8) is 0 Å². The van der Waals surface area contributed by atoms with Crippen LogP contribution in [0.15, 0.2) is 35.2 Å². The minimum Gasteiger partial charge on any atom is -0.311 e. The van der Waals surface area contributed by atoms with E-state index in [9.17, 15) is 0 Å². The Balaban J connectivity index is 2.26. The fourth-order valence-corrected chi connectivity index (χ4v) is 1.79. The van der Waals surface area contributed by atoms with Crippen molar-refractivity contribution in [2.45, 2.75) is 13.5 Å². The quantitative estimate of drug-likeness (QED) is 0.940. The number of hydrogen-bond acceptors (Lipinski definition) is 4. The van der Waals surface area contributed by atoms with E-state index in [-0.39, 0.29) is 0 Å². The van der Waals surface area contributed by atoms with E-state index in [4.69, 9.17) is 0 Å². The molecule has 0 bridgehead atoms. The fourth-order valence-electron chi connectivity index (χ4n) is 1.42. The summed E-state index contributed by atoms with van der Waals surface area (Å²) in [6, 6.07) is 3.87. The van der Waals surface area contributed by atoms with Crippen LogP contribution in [0.25, 0.3) is 11.4 Å². The topological polar surface area (TPSA) is 50.7 Å². The van der Waals surface area contributed by atoms with E-state index >= 15 is 0 Å². The molecule has 17 heavy (non-hydrogen) atoms. The summed E-state index contributed by atoms with van der Waals surface area (Å²) < 4.78 is 0.927. The zero-order valence-corrected chi connectivity index (χ0v) is 11.1. The Morgan fingerprint density at radius 1 is 1.35 bits per heavy atom. The second-order valence-corrected chi connectivity index (χ2v) is 4.46. The fraction of sp³-hybridized carbons (Fsp3) is 0.250. The van der Waals surface area contributed by atoms with Gasteiger partial charge in [-0.2, -0.15) is 0 Å². The maximum Gasteiger partial charge on any atom is 0.161 e. The third-order valence-corrected chi connectivity index (χ3v) is 2.67. The molecule has 2 aromatic rings. The lowest BCUT2D eigenvalue weighted by Gasteiger charge is -2.04. The predicted molar refractivity (Wildman–Crippen MR) is 70.3 cm³/mol. The van der Waals surface area contributed by atoms with Crippen LogP contribution in [-0.2, 0) is 6.54 Å². The van der Waals surface area contributed by atoms with Crippen LogP contribution in [-0.4, -0.2) is 21.5 Å². The van der Waals surface area contributed by atoms with Crippen LogP contribution in [0.5, 0.6) is 0 Å². The lowest BCUT2D eigenvalue weighted by molar-refractivity contribution is 0.709. The maximum absolute atomic E-state index is 4.49. The van der Waals surface area contributed by atoms with E-state index < -0.39 is 0 Å². The molecule has 4 nitrogen and oxygen atoms in total. The van der Waals surface area contributed by atoms with E-state index in [2.05, 4.69) is 43.1 Å². The van der Waals surface area contributed by atoms with Crippen LogP contribution in [0.1, 0.15) is 12.6 Å². The molecule has 2 heterocycles. The smallest absolute Gasteiger partial charge is 0.161 e. The molecule has 0 amide bonds. The minimum atomic E-state index is 0.703. The van der Waals surface area contributed by atoms with Gasteiger partial charge in [0.2, 0.25) is 0 Å². The highest BCUT2D eigenvalue weighted by molar-refractivity contribution is 9.10. The van der Waals surface area contributed by atoms with Gasteiger partial charge in [-0.25, -0.2) is 9.97 Å². The Labute approximate surface area is 109 Å². The molecular formula is C12H13BrN4. The van der Waals surface area contributed by atoms with Gasteiger partial charge in [0.15, 0.2) is 5.82 Å². The molecule has 0 saturated carbocycles. The Hall–Kier alpha value is -1.33. The van der Waals surface area contributed by atoms with Gasteiger partial charge in [-0.3, -0.25) is 4.98 Å². The number of nitrogens with zero attached hydrogens (tertiary/aromatic N) is 3. The van der Waals surface area contributed by atoms with Crippen LogP contribution in [0, 0.1) is 0 Å². The van der Waals surface area contributed by atoms with Gasteiger partial charge in [-0.05, 0) is 34.6 Å². The summed E-state index contributed by atoms with van der Waals surface area (Å²) in [5.41, 5.74) is 1.90. The number of pyridine rings is 1. The predicted octanol–water partition coefficient (Wildman–Crippen LogP) is 2.41. The first kappa shape index (κ1) is 12.1. The molecule has 0 spiro atoms. The van der Waals surface area contributed by atoms with Crippen LogP contribution in [0.4, 0.5) is 0 Å². The van der Waals surface area contributed by atoms with Crippen molar-refractivity contribution in [1.82, 2.24) is 20.3 Å². The molecule has 0 fully saturated rings. The van der Waals surface area contributed by atoms with Crippen molar-refractivity contribution in [2.75, 3.05) is 6.54 Å². The van der Waals surface area contributed by atoms with E-state index in [0.29, 0.717) is 5.82 Å². The second-order valence-electron chi connectivity index (χ2n) is 3.54. The van der Waals surface area contributed by atoms with Crippen molar-refractivity contribution in [1.29, 1.82) is 0 Å².